The number of hydrogen-bond acceptors (Lipinski definition) is 4. The Labute approximate surface area is 145 Å². The van der Waals surface area contributed by atoms with Gasteiger partial charge in [-0.3, -0.25) is 14.4 Å². The van der Waals surface area contributed by atoms with Gasteiger partial charge in [0.05, 0.1) is 15.5 Å². The molecular formula is C16H17ClN2O4S. The molecule has 8 heteroatoms. The Morgan fingerprint density at radius 2 is 1.75 bits per heavy atom. The van der Waals surface area contributed by atoms with Gasteiger partial charge in [0.25, 0.3) is 15.7 Å². The van der Waals surface area contributed by atoms with Gasteiger partial charge in [-0.15, -0.1) is 0 Å². The van der Waals surface area contributed by atoms with Gasteiger partial charge < -0.3 is 0 Å². The minimum atomic E-state index is -3.95. The minimum absolute atomic E-state index is 0.124. The Balaban J connectivity index is 2.61. The van der Waals surface area contributed by atoms with E-state index in [1.807, 2.05) is 0 Å². The number of anilines is 1. The van der Waals surface area contributed by atoms with Crippen LogP contribution in [0.5, 0.6) is 0 Å². The van der Waals surface area contributed by atoms with Gasteiger partial charge in [0.1, 0.15) is 0 Å². The van der Waals surface area contributed by atoms with Gasteiger partial charge in [0, 0.05) is 23.2 Å². The van der Waals surface area contributed by atoms with E-state index in [0.29, 0.717) is 16.3 Å². The smallest absolute Gasteiger partial charge is 0.266 e. The fourth-order valence-electron chi connectivity index (χ4n) is 2.39. The molecule has 0 N–H and O–H groups in total. The summed E-state index contributed by atoms with van der Waals surface area (Å²) in [4.78, 5) is 10.4. The van der Waals surface area contributed by atoms with Crippen molar-refractivity contribution in [2.45, 2.75) is 25.7 Å². The first kappa shape index (κ1) is 18.2. The molecule has 0 amide bonds. The van der Waals surface area contributed by atoms with Crippen LogP contribution in [0.2, 0.25) is 5.02 Å². The Hall–Kier alpha value is -2.12. The summed E-state index contributed by atoms with van der Waals surface area (Å²) in [7, 11) is -3.95. The summed E-state index contributed by atoms with van der Waals surface area (Å²) < 4.78 is 27.1. The highest BCUT2D eigenvalue weighted by Crippen LogP contribution is 2.31. The molecule has 2 aromatic carbocycles. The van der Waals surface area contributed by atoms with Gasteiger partial charge in [-0.25, -0.2) is 8.42 Å². The number of halogens is 1. The standard InChI is InChI=1S/C16H17ClN2O4S/c1-4-18(15-9-13(17)7-5-11(15)2)24(22,23)14-8-6-12(3)16(10-14)19(20)21/h5-10H,4H2,1-3H3. The zero-order chi connectivity index (χ0) is 18.1. The summed E-state index contributed by atoms with van der Waals surface area (Å²) in [5.41, 5.74) is 1.37. The van der Waals surface area contributed by atoms with Crippen molar-refractivity contribution in [2.75, 3.05) is 10.8 Å². The first-order valence-corrected chi connectivity index (χ1v) is 9.04. The predicted octanol–water partition coefficient (Wildman–Crippen LogP) is 4.08. The van der Waals surface area contributed by atoms with Crippen molar-refractivity contribution in [1.29, 1.82) is 0 Å². The number of nitrogens with zero attached hydrogens (tertiary/aromatic N) is 2. The maximum atomic E-state index is 13.0. The van der Waals surface area contributed by atoms with Crippen molar-refractivity contribution in [3.05, 3.63) is 62.7 Å². The third kappa shape index (κ3) is 3.37. The van der Waals surface area contributed by atoms with Crippen LogP contribution in [-0.4, -0.2) is 19.9 Å². The van der Waals surface area contributed by atoms with Crippen molar-refractivity contribution in [3.8, 4) is 0 Å². The topological polar surface area (TPSA) is 80.5 Å². The maximum absolute atomic E-state index is 13.0. The van der Waals surface area contributed by atoms with Crippen LogP contribution >= 0.6 is 11.6 Å². The molecule has 0 aromatic heterocycles. The fraction of sp³-hybridized carbons (Fsp3) is 0.250. The Bertz CT molecular complexity index is 897. The van der Waals surface area contributed by atoms with E-state index in [2.05, 4.69) is 0 Å². The lowest BCUT2D eigenvalue weighted by Gasteiger charge is -2.24. The van der Waals surface area contributed by atoms with E-state index in [-0.39, 0.29) is 17.1 Å². The van der Waals surface area contributed by atoms with Crippen molar-refractivity contribution < 1.29 is 13.3 Å². The minimum Gasteiger partial charge on any atom is -0.266 e. The normalized spacial score (nSPS) is 11.3. The molecule has 0 aliphatic heterocycles. The number of benzene rings is 2. The first-order chi connectivity index (χ1) is 11.2. The molecule has 0 aliphatic rings. The van der Waals surface area contributed by atoms with Crippen LogP contribution < -0.4 is 4.31 Å². The molecule has 0 atom stereocenters. The van der Waals surface area contributed by atoms with Crippen LogP contribution in [0.25, 0.3) is 0 Å². The van der Waals surface area contributed by atoms with E-state index in [0.717, 1.165) is 11.6 Å². The highest BCUT2D eigenvalue weighted by Gasteiger charge is 2.27. The Morgan fingerprint density at radius 1 is 1.12 bits per heavy atom. The summed E-state index contributed by atoms with van der Waals surface area (Å²) in [6, 6.07) is 8.88. The molecule has 6 nitrogen and oxygen atoms in total. The predicted molar refractivity (Wildman–Crippen MR) is 94.2 cm³/mol. The van der Waals surface area contributed by atoms with Crippen LogP contribution in [0.15, 0.2) is 41.3 Å². The van der Waals surface area contributed by atoms with Gasteiger partial charge in [-0.1, -0.05) is 23.7 Å². The maximum Gasteiger partial charge on any atom is 0.273 e. The lowest BCUT2D eigenvalue weighted by atomic mass is 10.2. The molecule has 0 unspecified atom stereocenters. The average molecular weight is 369 g/mol. The number of hydrogen-bond donors (Lipinski definition) is 0. The Kier molecular flexibility index (Phi) is 5.15. The van der Waals surface area contributed by atoms with Crippen molar-refractivity contribution in [1.82, 2.24) is 0 Å². The monoisotopic (exact) mass is 368 g/mol. The van der Waals surface area contributed by atoms with E-state index in [1.54, 1.807) is 39.0 Å². The SMILES string of the molecule is CCN(c1cc(Cl)ccc1C)S(=O)(=O)c1ccc(C)c([N+](=O)[O-])c1. The number of sulfonamides is 1. The third-order valence-electron chi connectivity index (χ3n) is 3.69. The van der Waals surface area contributed by atoms with Gasteiger partial charge in [0.2, 0.25) is 0 Å². The molecule has 0 saturated heterocycles. The van der Waals surface area contributed by atoms with Crippen molar-refractivity contribution in [2.24, 2.45) is 0 Å². The number of nitro benzene ring substituents is 1. The summed E-state index contributed by atoms with van der Waals surface area (Å²) in [5, 5.41) is 11.5. The molecule has 0 bridgehead atoms. The van der Waals surface area contributed by atoms with E-state index < -0.39 is 14.9 Å². The van der Waals surface area contributed by atoms with Gasteiger partial charge >= 0.3 is 0 Å². The second-order valence-corrected chi connectivity index (χ2v) is 7.60. The second-order valence-electron chi connectivity index (χ2n) is 5.31. The van der Waals surface area contributed by atoms with Gasteiger partial charge in [-0.05, 0) is 44.5 Å². The molecule has 24 heavy (non-hydrogen) atoms. The molecule has 0 radical (unpaired) electrons. The third-order valence-corrected chi connectivity index (χ3v) is 5.81. The van der Waals surface area contributed by atoms with E-state index >= 15 is 0 Å². The molecule has 0 fully saturated rings. The van der Waals surface area contributed by atoms with Crippen LogP contribution in [-0.2, 0) is 10.0 Å². The lowest BCUT2D eigenvalue weighted by molar-refractivity contribution is -0.385. The Morgan fingerprint density at radius 3 is 2.33 bits per heavy atom. The number of aryl methyl sites for hydroxylation is 2. The number of rotatable bonds is 5. The summed E-state index contributed by atoms with van der Waals surface area (Å²) >= 11 is 5.99. The molecule has 0 heterocycles. The summed E-state index contributed by atoms with van der Waals surface area (Å²) in [6.45, 7) is 5.21. The van der Waals surface area contributed by atoms with E-state index in [4.69, 9.17) is 11.6 Å². The van der Waals surface area contributed by atoms with Crippen LogP contribution in [0.1, 0.15) is 18.1 Å². The lowest BCUT2D eigenvalue weighted by Crippen LogP contribution is -2.31. The van der Waals surface area contributed by atoms with E-state index in [1.165, 1.54) is 16.4 Å². The first-order valence-electron chi connectivity index (χ1n) is 7.22. The molecule has 0 spiro atoms. The van der Waals surface area contributed by atoms with E-state index in [9.17, 15) is 18.5 Å². The molecule has 128 valence electrons. The van der Waals surface area contributed by atoms with Crippen molar-refractivity contribution >= 4 is 33.0 Å². The molecular weight excluding hydrogens is 352 g/mol. The average Bonchev–Trinajstić information content (AvgIpc) is 2.51. The van der Waals surface area contributed by atoms with Crippen LogP contribution in [0.3, 0.4) is 0 Å². The number of nitro groups is 1. The second kappa shape index (κ2) is 6.78. The fourth-order valence-corrected chi connectivity index (χ4v) is 4.11. The zero-order valence-corrected chi connectivity index (χ0v) is 15.1. The summed E-state index contributed by atoms with van der Waals surface area (Å²) in [5.74, 6) is 0. The van der Waals surface area contributed by atoms with Crippen LogP contribution in [0, 0.1) is 24.0 Å². The quantitative estimate of drug-likeness (QED) is 0.588. The molecule has 2 aromatic rings. The summed E-state index contributed by atoms with van der Waals surface area (Å²) in [6.07, 6.45) is 0. The van der Waals surface area contributed by atoms with Crippen molar-refractivity contribution in [3.63, 3.8) is 0 Å². The highest BCUT2D eigenvalue weighted by atomic mass is 35.5. The zero-order valence-electron chi connectivity index (χ0n) is 13.5. The molecule has 0 saturated carbocycles. The van der Waals surface area contributed by atoms with Gasteiger partial charge in [0.15, 0.2) is 0 Å². The largest absolute Gasteiger partial charge is 0.273 e. The molecule has 0 aliphatic carbocycles. The highest BCUT2D eigenvalue weighted by molar-refractivity contribution is 7.92. The molecule has 2 rings (SSSR count). The van der Waals surface area contributed by atoms with Gasteiger partial charge in [-0.2, -0.15) is 0 Å². The van der Waals surface area contributed by atoms with Crippen LogP contribution in [0.4, 0.5) is 11.4 Å².